The molecular formula is C26H25FN4O3S. The van der Waals surface area contributed by atoms with Crippen molar-refractivity contribution in [3.05, 3.63) is 82.3 Å². The number of fused-ring (bicyclic) bond motifs is 1. The largest absolute Gasteiger partial charge is 0.453 e. The van der Waals surface area contributed by atoms with Crippen molar-refractivity contribution in [2.45, 2.75) is 19.0 Å². The van der Waals surface area contributed by atoms with E-state index in [-0.39, 0.29) is 11.4 Å². The third-order valence-electron chi connectivity index (χ3n) is 6.34. The Bertz CT molecular complexity index is 1370. The first-order chi connectivity index (χ1) is 16.9. The number of halogens is 1. The zero-order valence-electron chi connectivity index (χ0n) is 19.5. The monoisotopic (exact) mass is 492 g/mol. The average molecular weight is 493 g/mol. The molecule has 1 aliphatic heterocycles. The highest BCUT2D eigenvalue weighted by atomic mass is 32.1. The van der Waals surface area contributed by atoms with E-state index in [0.717, 1.165) is 46.4 Å². The summed E-state index contributed by atoms with van der Waals surface area (Å²) in [6, 6.07) is 16.2. The van der Waals surface area contributed by atoms with Crippen LogP contribution in [0.4, 0.5) is 10.1 Å². The van der Waals surface area contributed by atoms with E-state index in [0.29, 0.717) is 11.8 Å². The minimum atomic E-state index is -0.786. The quantitative estimate of drug-likeness (QED) is 0.235. The standard InChI is InChI=1S/C26H25FN4O3S/c1-29(2)20-10-12-30(16-20)15-17-3-5-18(6-4-17)25-14-22-26(35-25)24(9-11-28-22)34-23-8-7-19(31(32)33)13-21(23)27/h3-9,11,13-14,20H,10,12,15-16H2,1-2H3/t20-/m0/s1. The number of benzene rings is 2. The minimum Gasteiger partial charge on any atom is -0.453 e. The zero-order valence-corrected chi connectivity index (χ0v) is 20.3. The van der Waals surface area contributed by atoms with Crippen LogP contribution in [0.2, 0.25) is 0 Å². The van der Waals surface area contributed by atoms with E-state index in [9.17, 15) is 14.5 Å². The number of hydrogen-bond acceptors (Lipinski definition) is 7. The molecule has 0 radical (unpaired) electrons. The van der Waals surface area contributed by atoms with E-state index in [4.69, 9.17) is 4.74 Å². The molecule has 1 atom stereocenters. The van der Waals surface area contributed by atoms with E-state index >= 15 is 0 Å². The van der Waals surface area contributed by atoms with Crippen LogP contribution in [0.15, 0.2) is 60.8 Å². The fourth-order valence-electron chi connectivity index (χ4n) is 4.35. The Balaban J connectivity index is 1.34. The van der Waals surface area contributed by atoms with Crippen LogP contribution in [0.5, 0.6) is 11.5 Å². The fourth-order valence-corrected chi connectivity index (χ4v) is 5.42. The molecule has 35 heavy (non-hydrogen) atoms. The maximum atomic E-state index is 14.4. The van der Waals surface area contributed by atoms with Gasteiger partial charge in [-0.2, -0.15) is 0 Å². The molecule has 0 bridgehead atoms. The Hall–Kier alpha value is -3.40. The van der Waals surface area contributed by atoms with Gasteiger partial charge in [-0.25, -0.2) is 4.39 Å². The van der Waals surface area contributed by atoms with Crippen molar-refractivity contribution in [2.75, 3.05) is 27.2 Å². The van der Waals surface area contributed by atoms with Gasteiger partial charge in [-0.1, -0.05) is 24.3 Å². The Morgan fingerprint density at radius 1 is 1.17 bits per heavy atom. The van der Waals surface area contributed by atoms with Crippen molar-refractivity contribution in [3.63, 3.8) is 0 Å². The van der Waals surface area contributed by atoms with E-state index in [1.807, 2.05) is 6.07 Å². The van der Waals surface area contributed by atoms with Gasteiger partial charge in [0, 0.05) is 48.9 Å². The van der Waals surface area contributed by atoms with Crippen LogP contribution in [0.25, 0.3) is 20.7 Å². The highest BCUT2D eigenvalue weighted by Gasteiger charge is 2.23. The van der Waals surface area contributed by atoms with Crippen LogP contribution in [0, 0.1) is 15.9 Å². The van der Waals surface area contributed by atoms with Crippen molar-refractivity contribution in [1.82, 2.24) is 14.8 Å². The van der Waals surface area contributed by atoms with E-state index in [2.05, 4.69) is 53.1 Å². The second kappa shape index (κ2) is 9.69. The SMILES string of the molecule is CN(C)[C@H]1CCN(Cc2ccc(-c3cc4nccc(Oc5ccc([N+](=O)[O-])cc5F)c4s3)cc2)C1. The molecule has 180 valence electrons. The van der Waals surface area contributed by atoms with E-state index < -0.39 is 10.7 Å². The fraction of sp³-hybridized carbons (Fsp3) is 0.269. The molecule has 3 heterocycles. The molecule has 2 aromatic carbocycles. The number of nitro benzene ring substituents is 1. The lowest BCUT2D eigenvalue weighted by atomic mass is 10.1. The van der Waals surface area contributed by atoms with Gasteiger partial charge in [0.25, 0.3) is 5.69 Å². The number of likely N-dealkylation sites (tertiary alicyclic amines) is 1. The summed E-state index contributed by atoms with van der Waals surface area (Å²) < 4.78 is 20.9. The molecule has 1 fully saturated rings. The summed E-state index contributed by atoms with van der Waals surface area (Å²) in [7, 11) is 4.28. The Kier molecular flexibility index (Phi) is 6.46. The van der Waals surface area contributed by atoms with E-state index in [1.165, 1.54) is 35.5 Å². The number of nitro groups is 1. The van der Waals surface area contributed by atoms with Gasteiger partial charge in [0.2, 0.25) is 0 Å². The molecule has 0 N–H and O–H groups in total. The molecule has 1 aliphatic rings. The molecule has 9 heteroatoms. The zero-order chi connectivity index (χ0) is 24.5. The summed E-state index contributed by atoms with van der Waals surface area (Å²) in [4.78, 5) is 20.5. The van der Waals surface area contributed by atoms with Crippen molar-refractivity contribution in [1.29, 1.82) is 0 Å². The summed E-state index contributed by atoms with van der Waals surface area (Å²) in [5.74, 6) is -0.396. The third kappa shape index (κ3) is 5.02. The summed E-state index contributed by atoms with van der Waals surface area (Å²) in [6.45, 7) is 3.15. The van der Waals surface area contributed by atoms with Gasteiger partial charge in [-0.05, 0) is 43.8 Å². The number of nitrogens with zero attached hydrogens (tertiary/aromatic N) is 4. The summed E-state index contributed by atoms with van der Waals surface area (Å²) in [5, 5.41) is 10.9. The van der Waals surface area contributed by atoms with Crippen molar-refractivity contribution in [2.24, 2.45) is 0 Å². The number of rotatable bonds is 7. The van der Waals surface area contributed by atoms with Gasteiger partial charge < -0.3 is 9.64 Å². The lowest BCUT2D eigenvalue weighted by molar-refractivity contribution is -0.385. The lowest BCUT2D eigenvalue weighted by Gasteiger charge is -2.20. The highest BCUT2D eigenvalue weighted by molar-refractivity contribution is 7.22. The smallest absolute Gasteiger partial charge is 0.272 e. The van der Waals surface area contributed by atoms with Gasteiger partial charge in [-0.3, -0.25) is 20.0 Å². The van der Waals surface area contributed by atoms with Gasteiger partial charge >= 0.3 is 0 Å². The number of likely N-dealkylation sites (N-methyl/N-ethyl adjacent to an activating group) is 1. The maximum Gasteiger partial charge on any atom is 0.272 e. The number of aromatic nitrogens is 1. The molecule has 5 rings (SSSR count). The average Bonchev–Trinajstić information content (AvgIpc) is 3.49. The van der Waals surface area contributed by atoms with Crippen LogP contribution in [0.1, 0.15) is 12.0 Å². The molecule has 1 saturated heterocycles. The van der Waals surface area contributed by atoms with Crippen molar-refractivity contribution in [3.8, 4) is 21.9 Å². The number of ether oxygens (including phenoxy) is 1. The normalized spacial score (nSPS) is 16.3. The van der Waals surface area contributed by atoms with Crippen molar-refractivity contribution >= 4 is 27.2 Å². The number of non-ortho nitro benzene ring substituents is 1. The summed E-state index contributed by atoms with van der Waals surface area (Å²) in [6.07, 6.45) is 2.81. The van der Waals surface area contributed by atoms with Crippen LogP contribution >= 0.6 is 11.3 Å². The molecular weight excluding hydrogens is 467 g/mol. The lowest BCUT2D eigenvalue weighted by Crippen LogP contribution is -2.31. The maximum absolute atomic E-state index is 14.4. The van der Waals surface area contributed by atoms with Gasteiger partial charge in [-0.15, -0.1) is 11.3 Å². The first-order valence-electron chi connectivity index (χ1n) is 11.4. The van der Waals surface area contributed by atoms with Crippen LogP contribution in [0.3, 0.4) is 0 Å². The van der Waals surface area contributed by atoms with Gasteiger partial charge in [0.05, 0.1) is 21.2 Å². The van der Waals surface area contributed by atoms with Crippen LogP contribution in [-0.2, 0) is 6.54 Å². The molecule has 0 aliphatic carbocycles. The van der Waals surface area contributed by atoms with Gasteiger partial charge in [0.1, 0.15) is 5.75 Å². The molecule has 0 spiro atoms. The third-order valence-corrected chi connectivity index (χ3v) is 7.53. The molecule has 2 aromatic heterocycles. The topological polar surface area (TPSA) is 71.7 Å². The Morgan fingerprint density at radius 3 is 2.66 bits per heavy atom. The van der Waals surface area contributed by atoms with Crippen LogP contribution < -0.4 is 4.74 Å². The van der Waals surface area contributed by atoms with Gasteiger partial charge in [0.15, 0.2) is 11.6 Å². The second-order valence-corrected chi connectivity index (χ2v) is 10.00. The van der Waals surface area contributed by atoms with Crippen molar-refractivity contribution < 1.29 is 14.1 Å². The number of pyridine rings is 1. The number of hydrogen-bond donors (Lipinski definition) is 0. The molecule has 0 unspecified atom stereocenters. The van der Waals surface area contributed by atoms with E-state index in [1.54, 1.807) is 12.3 Å². The molecule has 4 aromatic rings. The molecule has 0 saturated carbocycles. The Morgan fingerprint density at radius 2 is 1.97 bits per heavy atom. The first kappa shape index (κ1) is 23.3. The molecule has 7 nitrogen and oxygen atoms in total. The number of thiophene rings is 1. The first-order valence-corrected chi connectivity index (χ1v) is 12.2. The predicted molar refractivity (Wildman–Crippen MR) is 136 cm³/mol. The minimum absolute atomic E-state index is 0.0687. The summed E-state index contributed by atoms with van der Waals surface area (Å²) >= 11 is 1.52. The second-order valence-electron chi connectivity index (χ2n) is 8.95. The Labute approximate surface area is 206 Å². The van der Waals surface area contributed by atoms with Crippen LogP contribution in [-0.4, -0.2) is 52.9 Å². The molecule has 0 amide bonds. The summed E-state index contributed by atoms with van der Waals surface area (Å²) in [5.41, 5.74) is 2.79. The highest BCUT2D eigenvalue weighted by Crippen LogP contribution is 2.40. The predicted octanol–water partition coefficient (Wildman–Crippen LogP) is 5.94.